The van der Waals surface area contributed by atoms with Gasteiger partial charge >= 0.3 is 0 Å². The molecule has 0 bridgehead atoms. The third kappa shape index (κ3) is 1.15. The first-order valence-corrected chi connectivity index (χ1v) is 4.94. The van der Waals surface area contributed by atoms with Crippen LogP contribution in [0.25, 0.3) is 16.8 Å². The second-order valence-corrected chi connectivity index (χ2v) is 3.78. The van der Waals surface area contributed by atoms with Gasteiger partial charge in [0.05, 0.1) is 11.0 Å². The van der Waals surface area contributed by atoms with Crippen LogP contribution in [0.1, 0.15) is 11.3 Å². The predicted octanol–water partition coefficient (Wildman–Crippen LogP) is 1.58. The number of nitrogens with one attached hydrogen (secondary N) is 1. The van der Waals surface area contributed by atoms with Gasteiger partial charge in [-0.1, -0.05) is 6.07 Å². The Morgan fingerprint density at radius 1 is 1.47 bits per heavy atom. The molecule has 15 heavy (non-hydrogen) atoms. The van der Waals surface area contributed by atoms with Gasteiger partial charge in [-0.3, -0.25) is 4.40 Å². The van der Waals surface area contributed by atoms with Crippen LogP contribution in [-0.2, 0) is 6.54 Å². The standard InChI is InChI=1S/C11H12N4/c1-7-2-3-10-9(4-7)14-11-13-8(5-12)6-15(10)11/h2-4,6H,5,12H2,1H3,(H,13,14). The zero-order chi connectivity index (χ0) is 10.4. The molecular formula is C11H12N4. The summed E-state index contributed by atoms with van der Waals surface area (Å²) < 4.78 is 2.04. The number of nitrogens with two attached hydrogens (primary N) is 1. The van der Waals surface area contributed by atoms with Crippen molar-refractivity contribution in [3.63, 3.8) is 0 Å². The van der Waals surface area contributed by atoms with E-state index < -0.39 is 0 Å². The van der Waals surface area contributed by atoms with E-state index in [1.807, 2.05) is 10.6 Å². The molecule has 76 valence electrons. The number of fused-ring (bicyclic) bond motifs is 3. The number of rotatable bonds is 1. The van der Waals surface area contributed by atoms with E-state index in [-0.39, 0.29) is 0 Å². The Bertz CT molecular complexity index is 632. The highest BCUT2D eigenvalue weighted by atomic mass is 15.1. The maximum absolute atomic E-state index is 5.57. The zero-order valence-corrected chi connectivity index (χ0v) is 8.49. The quantitative estimate of drug-likeness (QED) is 0.626. The lowest BCUT2D eigenvalue weighted by atomic mass is 10.2. The Kier molecular flexibility index (Phi) is 1.61. The van der Waals surface area contributed by atoms with E-state index in [4.69, 9.17) is 5.73 Å². The van der Waals surface area contributed by atoms with Crippen LogP contribution in [0.3, 0.4) is 0 Å². The average molecular weight is 200 g/mol. The molecule has 3 N–H and O–H groups in total. The summed E-state index contributed by atoms with van der Waals surface area (Å²) in [6.07, 6.45) is 2.00. The maximum atomic E-state index is 5.57. The van der Waals surface area contributed by atoms with E-state index in [1.165, 1.54) is 5.56 Å². The molecule has 2 aromatic heterocycles. The molecule has 0 fully saturated rings. The summed E-state index contributed by atoms with van der Waals surface area (Å²) in [5.41, 5.74) is 9.93. The van der Waals surface area contributed by atoms with Crippen molar-refractivity contribution in [2.24, 2.45) is 5.73 Å². The first kappa shape index (κ1) is 8.49. The van der Waals surface area contributed by atoms with Crippen LogP contribution in [0.4, 0.5) is 0 Å². The molecule has 0 aliphatic rings. The molecule has 0 saturated carbocycles. The molecule has 0 spiro atoms. The summed E-state index contributed by atoms with van der Waals surface area (Å²) in [4.78, 5) is 7.68. The van der Waals surface area contributed by atoms with Gasteiger partial charge in [0.2, 0.25) is 5.78 Å². The molecule has 1 aromatic carbocycles. The Hall–Kier alpha value is -1.81. The van der Waals surface area contributed by atoms with Crippen molar-refractivity contribution >= 4 is 16.8 Å². The molecule has 3 rings (SSSR count). The molecule has 0 aliphatic heterocycles. The SMILES string of the molecule is Cc1ccc2c(c1)nc1[nH]c(CN)cn12. The zero-order valence-electron chi connectivity index (χ0n) is 8.49. The first-order valence-electron chi connectivity index (χ1n) is 4.94. The first-order chi connectivity index (χ1) is 7.28. The van der Waals surface area contributed by atoms with Gasteiger partial charge in [0.15, 0.2) is 0 Å². The van der Waals surface area contributed by atoms with E-state index in [9.17, 15) is 0 Å². The van der Waals surface area contributed by atoms with Crippen LogP contribution in [0.2, 0.25) is 0 Å². The van der Waals surface area contributed by atoms with E-state index in [1.54, 1.807) is 0 Å². The minimum atomic E-state index is 0.511. The van der Waals surface area contributed by atoms with Crippen LogP contribution >= 0.6 is 0 Å². The van der Waals surface area contributed by atoms with E-state index in [0.29, 0.717) is 6.54 Å². The van der Waals surface area contributed by atoms with Gasteiger partial charge in [-0.25, -0.2) is 4.98 Å². The van der Waals surface area contributed by atoms with E-state index in [0.717, 1.165) is 22.5 Å². The molecule has 0 saturated heterocycles. The molecular weight excluding hydrogens is 188 g/mol. The largest absolute Gasteiger partial charge is 0.326 e. The summed E-state index contributed by atoms with van der Waals surface area (Å²) in [7, 11) is 0. The number of benzene rings is 1. The molecule has 0 amide bonds. The summed E-state index contributed by atoms with van der Waals surface area (Å²) >= 11 is 0. The Balaban J connectivity index is 2.40. The lowest BCUT2D eigenvalue weighted by Crippen LogP contribution is -1.95. The van der Waals surface area contributed by atoms with E-state index >= 15 is 0 Å². The molecule has 4 nitrogen and oxygen atoms in total. The molecule has 0 radical (unpaired) electrons. The molecule has 2 heterocycles. The predicted molar refractivity (Wildman–Crippen MR) is 59.7 cm³/mol. The van der Waals surface area contributed by atoms with Crippen molar-refractivity contribution in [3.8, 4) is 0 Å². The third-order valence-corrected chi connectivity index (χ3v) is 2.62. The average Bonchev–Trinajstić information content (AvgIpc) is 2.73. The highest BCUT2D eigenvalue weighted by Gasteiger charge is 2.06. The number of aromatic nitrogens is 3. The lowest BCUT2D eigenvalue weighted by molar-refractivity contribution is 1.01. The van der Waals surface area contributed by atoms with Gasteiger partial charge in [0.25, 0.3) is 0 Å². The maximum Gasteiger partial charge on any atom is 0.212 e. The molecule has 3 aromatic rings. The van der Waals surface area contributed by atoms with Crippen molar-refractivity contribution in [2.75, 3.05) is 0 Å². The Morgan fingerprint density at radius 3 is 3.13 bits per heavy atom. The number of H-pyrrole nitrogens is 1. The summed E-state index contributed by atoms with van der Waals surface area (Å²) in [5, 5.41) is 0. The van der Waals surface area contributed by atoms with Crippen LogP contribution in [0, 0.1) is 6.92 Å². The van der Waals surface area contributed by atoms with Gasteiger partial charge < -0.3 is 10.7 Å². The van der Waals surface area contributed by atoms with Crippen molar-refractivity contribution < 1.29 is 0 Å². The smallest absolute Gasteiger partial charge is 0.212 e. The highest BCUT2D eigenvalue weighted by Crippen LogP contribution is 2.17. The number of hydrogen-bond acceptors (Lipinski definition) is 2. The minimum absolute atomic E-state index is 0.511. The van der Waals surface area contributed by atoms with Gasteiger partial charge in [0.1, 0.15) is 0 Å². The number of hydrogen-bond donors (Lipinski definition) is 2. The highest BCUT2D eigenvalue weighted by molar-refractivity contribution is 5.80. The fourth-order valence-corrected chi connectivity index (χ4v) is 1.86. The van der Waals surface area contributed by atoms with Crippen molar-refractivity contribution in [2.45, 2.75) is 13.5 Å². The lowest BCUT2D eigenvalue weighted by Gasteiger charge is -1.92. The Morgan fingerprint density at radius 2 is 2.33 bits per heavy atom. The van der Waals surface area contributed by atoms with Gasteiger partial charge in [-0.2, -0.15) is 0 Å². The molecule has 0 unspecified atom stereocenters. The fourth-order valence-electron chi connectivity index (χ4n) is 1.86. The summed E-state index contributed by atoms with van der Waals surface area (Å²) in [5.74, 6) is 0.857. The summed E-state index contributed by atoms with van der Waals surface area (Å²) in [6.45, 7) is 2.58. The Labute approximate surface area is 86.7 Å². The van der Waals surface area contributed by atoms with Crippen LogP contribution < -0.4 is 5.73 Å². The summed E-state index contributed by atoms with van der Waals surface area (Å²) in [6, 6.07) is 6.25. The molecule has 4 heteroatoms. The normalized spacial score (nSPS) is 11.6. The van der Waals surface area contributed by atoms with Gasteiger partial charge in [-0.15, -0.1) is 0 Å². The minimum Gasteiger partial charge on any atom is -0.326 e. The van der Waals surface area contributed by atoms with Crippen molar-refractivity contribution in [1.82, 2.24) is 14.4 Å². The van der Waals surface area contributed by atoms with Crippen molar-refractivity contribution in [1.29, 1.82) is 0 Å². The number of imidazole rings is 2. The second kappa shape index (κ2) is 2.84. The fraction of sp³-hybridized carbons (Fsp3) is 0.182. The topological polar surface area (TPSA) is 59.1 Å². The number of aromatic amines is 1. The molecule has 0 aliphatic carbocycles. The van der Waals surface area contributed by atoms with Crippen molar-refractivity contribution in [3.05, 3.63) is 35.7 Å². The third-order valence-electron chi connectivity index (χ3n) is 2.62. The van der Waals surface area contributed by atoms with Crippen LogP contribution in [0.15, 0.2) is 24.4 Å². The second-order valence-electron chi connectivity index (χ2n) is 3.78. The van der Waals surface area contributed by atoms with E-state index in [2.05, 4.69) is 35.1 Å². The van der Waals surface area contributed by atoms with Crippen LogP contribution in [-0.4, -0.2) is 14.4 Å². The van der Waals surface area contributed by atoms with Gasteiger partial charge in [0, 0.05) is 18.4 Å². The van der Waals surface area contributed by atoms with Crippen LogP contribution in [0.5, 0.6) is 0 Å². The monoisotopic (exact) mass is 200 g/mol. The number of nitrogens with zero attached hydrogens (tertiary/aromatic N) is 2. The van der Waals surface area contributed by atoms with Gasteiger partial charge in [-0.05, 0) is 24.6 Å². The number of aryl methyl sites for hydroxylation is 1. The molecule has 0 atom stereocenters.